The molecule has 2 heterocycles. The van der Waals surface area contributed by atoms with Crippen LogP contribution in [-0.4, -0.2) is 56.2 Å². The molecule has 134 valence electrons. The van der Waals surface area contributed by atoms with Gasteiger partial charge in [-0.05, 0) is 31.3 Å². The van der Waals surface area contributed by atoms with E-state index in [0.29, 0.717) is 17.3 Å². The molecule has 1 aliphatic rings. The molecule has 0 unspecified atom stereocenters. The summed E-state index contributed by atoms with van der Waals surface area (Å²) in [4.78, 5) is 14.5. The molecule has 1 aromatic carbocycles. The Balaban J connectivity index is 1.54. The van der Waals surface area contributed by atoms with Gasteiger partial charge >= 0.3 is 5.91 Å². The molecule has 3 rings (SSSR count). The summed E-state index contributed by atoms with van der Waals surface area (Å²) >= 11 is 0. The van der Waals surface area contributed by atoms with E-state index in [1.54, 1.807) is 19.2 Å². The number of amides is 1. The molecule has 7 heteroatoms. The second-order valence-electron chi connectivity index (χ2n) is 5.94. The van der Waals surface area contributed by atoms with Crippen molar-refractivity contribution in [2.24, 2.45) is 0 Å². The van der Waals surface area contributed by atoms with Crippen LogP contribution in [0.2, 0.25) is 0 Å². The van der Waals surface area contributed by atoms with Gasteiger partial charge in [0.2, 0.25) is 0 Å². The van der Waals surface area contributed by atoms with Crippen LogP contribution in [0.5, 0.6) is 11.5 Å². The van der Waals surface area contributed by atoms with Crippen LogP contribution in [0.4, 0.5) is 0 Å². The summed E-state index contributed by atoms with van der Waals surface area (Å²) in [5, 5.41) is 1.91. The molecule has 25 heavy (non-hydrogen) atoms. The maximum atomic E-state index is 12.3. The van der Waals surface area contributed by atoms with Gasteiger partial charge in [0.25, 0.3) is 0 Å². The van der Waals surface area contributed by atoms with Crippen molar-refractivity contribution in [3.8, 4) is 11.5 Å². The fourth-order valence-corrected chi connectivity index (χ4v) is 2.58. The van der Waals surface area contributed by atoms with Gasteiger partial charge < -0.3 is 18.8 Å². The van der Waals surface area contributed by atoms with E-state index in [0.717, 1.165) is 26.2 Å². The average molecular weight is 345 g/mol. The highest BCUT2D eigenvalue weighted by atomic mass is 16.5. The first-order valence-corrected chi connectivity index (χ1v) is 8.24. The third kappa shape index (κ3) is 4.52. The molecule has 7 nitrogen and oxygen atoms in total. The SMILES string of the molecule is COc1ccccc1OCc1ccc(C(=O)NN2CCN(C)CC2)o1. The van der Waals surface area contributed by atoms with E-state index in [-0.39, 0.29) is 18.3 Å². The standard InChI is InChI=1S/C18H23N3O4/c1-20-9-11-21(12-10-20)19-18(22)17-8-7-14(25-17)13-24-16-6-4-3-5-15(16)23-2/h3-8H,9-13H2,1-2H3,(H,19,22). The molecule has 0 atom stereocenters. The molecule has 0 aliphatic carbocycles. The monoisotopic (exact) mass is 345 g/mol. The normalized spacial score (nSPS) is 15.8. The first-order chi connectivity index (χ1) is 12.2. The number of nitrogens with one attached hydrogen (secondary N) is 1. The number of ether oxygens (including phenoxy) is 2. The number of benzene rings is 1. The zero-order valence-corrected chi connectivity index (χ0v) is 14.5. The molecular formula is C18H23N3O4. The predicted octanol–water partition coefficient (Wildman–Crippen LogP) is 1.76. The minimum Gasteiger partial charge on any atom is -0.493 e. The molecule has 0 saturated carbocycles. The number of carbonyl (C=O) groups excluding carboxylic acids is 1. The first-order valence-electron chi connectivity index (χ1n) is 8.24. The van der Waals surface area contributed by atoms with E-state index < -0.39 is 0 Å². The highest BCUT2D eigenvalue weighted by molar-refractivity contribution is 5.91. The lowest BCUT2D eigenvalue weighted by atomic mass is 10.3. The number of likely N-dealkylation sites (N-methyl/N-ethyl adjacent to an activating group) is 1. The molecule has 0 spiro atoms. The largest absolute Gasteiger partial charge is 0.493 e. The second-order valence-corrected chi connectivity index (χ2v) is 5.94. The number of nitrogens with zero attached hydrogens (tertiary/aromatic N) is 2. The van der Waals surface area contributed by atoms with Crippen LogP contribution in [0, 0.1) is 0 Å². The van der Waals surface area contributed by atoms with Gasteiger partial charge in [-0.25, -0.2) is 5.01 Å². The van der Waals surface area contributed by atoms with Crippen molar-refractivity contribution < 1.29 is 18.7 Å². The van der Waals surface area contributed by atoms with Crippen molar-refractivity contribution in [3.05, 3.63) is 47.9 Å². The highest BCUT2D eigenvalue weighted by Crippen LogP contribution is 2.26. The zero-order valence-electron chi connectivity index (χ0n) is 14.5. The van der Waals surface area contributed by atoms with Gasteiger partial charge in [0, 0.05) is 26.2 Å². The average Bonchev–Trinajstić information content (AvgIpc) is 3.11. The van der Waals surface area contributed by atoms with Crippen LogP contribution in [0.3, 0.4) is 0 Å². The van der Waals surface area contributed by atoms with E-state index in [1.165, 1.54) is 0 Å². The third-order valence-corrected chi connectivity index (χ3v) is 4.09. The maximum absolute atomic E-state index is 12.3. The van der Waals surface area contributed by atoms with E-state index in [1.807, 2.05) is 29.3 Å². The number of hydrogen-bond acceptors (Lipinski definition) is 6. The van der Waals surface area contributed by atoms with Crippen LogP contribution in [0.15, 0.2) is 40.8 Å². The smallest absolute Gasteiger partial charge is 0.301 e. The summed E-state index contributed by atoms with van der Waals surface area (Å²) in [7, 11) is 3.66. The number of hydrazine groups is 1. The lowest BCUT2D eigenvalue weighted by molar-refractivity contribution is 0.0633. The van der Waals surface area contributed by atoms with Crippen LogP contribution in [-0.2, 0) is 6.61 Å². The van der Waals surface area contributed by atoms with Gasteiger partial charge in [0.1, 0.15) is 12.4 Å². The summed E-state index contributed by atoms with van der Waals surface area (Å²) in [6.07, 6.45) is 0. The number of rotatable bonds is 6. The van der Waals surface area contributed by atoms with Crippen molar-refractivity contribution in [2.45, 2.75) is 6.61 Å². The Labute approximate surface area is 147 Å². The summed E-state index contributed by atoms with van der Waals surface area (Å²) in [5.74, 6) is 1.90. The second kappa shape index (κ2) is 8.04. The van der Waals surface area contributed by atoms with Crippen LogP contribution >= 0.6 is 0 Å². The summed E-state index contributed by atoms with van der Waals surface area (Å²) in [6.45, 7) is 3.68. The number of piperazine rings is 1. The van der Waals surface area contributed by atoms with Crippen LogP contribution in [0.1, 0.15) is 16.3 Å². The maximum Gasteiger partial charge on any atom is 0.301 e. The van der Waals surface area contributed by atoms with Gasteiger partial charge in [0.05, 0.1) is 7.11 Å². The van der Waals surface area contributed by atoms with Crippen LogP contribution < -0.4 is 14.9 Å². The lowest BCUT2D eigenvalue weighted by Gasteiger charge is -2.32. The molecule has 0 bridgehead atoms. The molecule has 1 N–H and O–H groups in total. The van der Waals surface area contributed by atoms with Crippen molar-refractivity contribution in [2.75, 3.05) is 40.3 Å². The van der Waals surface area contributed by atoms with E-state index in [2.05, 4.69) is 17.4 Å². The number of carbonyl (C=O) groups is 1. The predicted molar refractivity (Wildman–Crippen MR) is 92.6 cm³/mol. The Morgan fingerprint density at radius 1 is 1.12 bits per heavy atom. The summed E-state index contributed by atoms with van der Waals surface area (Å²) in [5.41, 5.74) is 2.87. The fraction of sp³-hybridized carbons (Fsp3) is 0.389. The van der Waals surface area contributed by atoms with Crippen molar-refractivity contribution >= 4 is 5.91 Å². The molecule has 1 saturated heterocycles. The number of furan rings is 1. The molecule has 0 radical (unpaired) electrons. The van der Waals surface area contributed by atoms with E-state index in [9.17, 15) is 4.79 Å². The molecular weight excluding hydrogens is 322 g/mol. The zero-order chi connectivity index (χ0) is 17.6. The Kier molecular flexibility index (Phi) is 5.57. The van der Waals surface area contributed by atoms with Gasteiger partial charge in [0.15, 0.2) is 17.3 Å². The molecule has 1 aliphatic heterocycles. The first kappa shape index (κ1) is 17.3. The molecule has 1 fully saturated rings. The van der Waals surface area contributed by atoms with Gasteiger partial charge in [-0.3, -0.25) is 10.2 Å². The molecule has 1 amide bonds. The molecule has 2 aromatic rings. The minimum atomic E-state index is -0.243. The van der Waals surface area contributed by atoms with Crippen molar-refractivity contribution in [1.29, 1.82) is 0 Å². The van der Waals surface area contributed by atoms with Gasteiger partial charge in [-0.1, -0.05) is 12.1 Å². The third-order valence-electron chi connectivity index (χ3n) is 4.09. The number of hydrogen-bond donors (Lipinski definition) is 1. The number of para-hydroxylation sites is 2. The lowest BCUT2D eigenvalue weighted by Crippen LogP contribution is -2.52. The topological polar surface area (TPSA) is 67.2 Å². The number of methoxy groups -OCH3 is 1. The van der Waals surface area contributed by atoms with Crippen molar-refractivity contribution in [3.63, 3.8) is 0 Å². The Hall–Kier alpha value is -2.51. The highest BCUT2D eigenvalue weighted by Gasteiger charge is 2.18. The molecule has 1 aromatic heterocycles. The van der Waals surface area contributed by atoms with E-state index in [4.69, 9.17) is 13.9 Å². The Bertz CT molecular complexity index is 708. The van der Waals surface area contributed by atoms with Crippen molar-refractivity contribution in [1.82, 2.24) is 15.3 Å². The Morgan fingerprint density at radius 3 is 2.56 bits per heavy atom. The van der Waals surface area contributed by atoms with Gasteiger partial charge in [-0.2, -0.15) is 0 Å². The van der Waals surface area contributed by atoms with Crippen LogP contribution in [0.25, 0.3) is 0 Å². The van der Waals surface area contributed by atoms with Gasteiger partial charge in [-0.15, -0.1) is 0 Å². The minimum absolute atomic E-state index is 0.224. The Morgan fingerprint density at radius 2 is 1.84 bits per heavy atom. The van der Waals surface area contributed by atoms with E-state index >= 15 is 0 Å². The summed E-state index contributed by atoms with van der Waals surface area (Å²) < 4.78 is 16.5. The quantitative estimate of drug-likeness (QED) is 0.861. The fourth-order valence-electron chi connectivity index (χ4n) is 2.58. The summed E-state index contributed by atoms with van der Waals surface area (Å²) in [6, 6.07) is 10.8.